The lowest BCUT2D eigenvalue weighted by molar-refractivity contribution is -0.140. The van der Waals surface area contributed by atoms with Crippen molar-refractivity contribution in [3.63, 3.8) is 0 Å². The van der Waals surface area contributed by atoms with Crippen LogP contribution in [0.3, 0.4) is 0 Å². The van der Waals surface area contributed by atoms with Gasteiger partial charge in [-0.2, -0.15) is 0 Å². The Morgan fingerprint density at radius 2 is 1.69 bits per heavy atom. The number of halogens is 1. The minimum absolute atomic E-state index is 0.0269. The van der Waals surface area contributed by atoms with Crippen LogP contribution in [0, 0.1) is 5.82 Å². The number of hydrogen-bond donors (Lipinski definition) is 1. The summed E-state index contributed by atoms with van der Waals surface area (Å²) >= 11 is 0. The van der Waals surface area contributed by atoms with Gasteiger partial charge >= 0.3 is 5.97 Å². The Labute approximate surface area is 170 Å². The highest BCUT2D eigenvalue weighted by Crippen LogP contribution is 2.29. The molecule has 0 radical (unpaired) electrons. The summed E-state index contributed by atoms with van der Waals surface area (Å²) < 4.78 is 20.1. The second-order valence-corrected chi connectivity index (χ2v) is 6.87. The molecule has 0 aromatic heterocycles. The zero-order chi connectivity index (χ0) is 20.8. The Morgan fingerprint density at radius 3 is 2.34 bits per heavy atom. The van der Waals surface area contributed by atoms with Crippen molar-refractivity contribution in [2.24, 2.45) is 0 Å². The van der Waals surface area contributed by atoms with Crippen LogP contribution in [0.1, 0.15) is 18.1 Å². The molecule has 0 aliphatic heterocycles. The Morgan fingerprint density at radius 1 is 0.966 bits per heavy atom. The fraction of sp³-hybridized carbons (Fsp3) is 0.160. The second-order valence-electron chi connectivity index (χ2n) is 6.87. The van der Waals surface area contributed by atoms with E-state index in [1.165, 1.54) is 6.07 Å². The van der Waals surface area contributed by atoms with Gasteiger partial charge in [-0.05, 0) is 53.3 Å². The largest absolute Gasteiger partial charge is 0.457 e. The number of esters is 1. The third-order valence-corrected chi connectivity index (χ3v) is 4.68. The standard InChI is InChI=1S/C25H23FO3/c1-17(2)25(28)29-16-22-14-21(9-8-19(22)12-13-27)23-11-10-20(15-24(23)26)18-6-4-3-5-7-18/h3-11,14-15,27H,1,12-13,16H2,2H3. The molecule has 0 amide bonds. The maximum atomic E-state index is 14.9. The molecule has 3 nitrogen and oxygen atoms in total. The highest BCUT2D eigenvalue weighted by Gasteiger charge is 2.12. The average Bonchev–Trinajstić information content (AvgIpc) is 2.73. The van der Waals surface area contributed by atoms with Gasteiger partial charge in [0.2, 0.25) is 0 Å². The normalized spacial score (nSPS) is 10.6. The lowest BCUT2D eigenvalue weighted by atomic mass is 9.96. The van der Waals surface area contributed by atoms with Gasteiger partial charge in [0.15, 0.2) is 0 Å². The molecule has 4 heteroatoms. The summed E-state index contributed by atoms with van der Waals surface area (Å²) in [7, 11) is 0. The predicted octanol–water partition coefficient (Wildman–Crippen LogP) is 5.31. The number of hydrogen-bond acceptors (Lipinski definition) is 3. The number of benzene rings is 3. The maximum absolute atomic E-state index is 14.9. The molecule has 0 unspecified atom stereocenters. The summed E-state index contributed by atoms with van der Waals surface area (Å²) in [5, 5.41) is 9.30. The zero-order valence-electron chi connectivity index (χ0n) is 16.3. The Hall–Kier alpha value is -3.24. The molecular formula is C25H23FO3. The quantitative estimate of drug-likeness (QED) is 0.439. The molecule has 29 heavy (non-hydrogen) atoms. The van der Waals surface area contributed by atoms with Crippen LogP contribution >= 0.6 is 0 Å². The van der Waals surface area contributed by atoms with Crippen LogP contribution in [0.2, 0.25) is 0 Å². The summed E-state index contributed by atoms with van der Waals surface area (Å²) in [6, 6.07) is 20.2. The van der Waals surface area contributed by atoms with E-state index in [-0.39, 0.29) is 19.0 Å². The SMILES string of the molecule is C=C(C)C(=O)OCc1cc(-c2ccc(-c3ccccc3)cc2F)ccc1CCO. The van der Waals surface area contributed by atoms with E-state index < -0.39 is 5.97 Å². The predicted molar refractivity (Wildman–Crippen MR) is 113 cm³/mol. The topological polar surface area (TPSA) is 46.5 Å². The number of aliphatic hydroxyl groups excluding tert-OH is 1. The second kappa shape index (κ2) is 9.30. The molecule has 0 saturated carbocycles. The third-order valence-electron chi connectivity index (χ3n) is 4.68. The van der Waals surface area contributed by atoms with E-state index >= 15 is 0 Å². The van der Waals surface area contributed by atoms with Crippen LogP contribution in [0.5, 0.6) is 0 Å². The lowest BCUT2D eigenvalue weighted by Crippen LogP contribution is -2.07. The first-order chi connectivity index (χ1) is 14.0. The van der Waals surface area contributed by atoms with Crippen LogP contribution in [0.25, 0.3) is 22.3 Å². The molecule has 3 rings (SSSR count). The summed E-state index contributed by atoms with van der Waals surface area (Å²) in [5.41, 5.74) is 4.80. The van der Waals surface area contributed by atoms with E-state index in [1.807, 2.05) is 48.5 Å². The lowest BCUT2D eigenvalue weighted by Gasteiger charge is -2.13. The zero-order valence-corrected chi connectivity index (χ0v) is 16.3. The van der Waals surface area contributed by atoms with Crippen LogP contribution in [-0.4, -0.2) is 17.7 Å². The molecule has 148 valence electrons. The molecule has 0 saturated heterocycles. The van der Waals surface area contributed by atoms with Crippen molar-refractivity contribution in [1.29, 1.82) is 0 Å². The summed E-state index contributed by atoms with van der Waals surface area (Å²) in [4.78, 5) is 11.7. The van der Waals surface area contributed by atoms with Gasteiger partial charge < -0.3 is 9.84 Å². The first kappa shape index (κ1) is 20.5. The summed E-state index contributed by atoms with van der Waals surface area (Å²) in [6.45, 7) is 5.17. The fourth-order valence-corrected chi connectivity index (χ4v) is 3.12. The first-order valence-electron chi connectivity index (χ1n) is 9.40. The molecule has 0 spiro atoms. The van der Waals surface area contributed by atoms with Crippen molar-refractivity contribution >= 4 is 5.97 Å². The van der Waals surface area contributed by atoms with Gasteiger partial charge in [0.05, 0.1) is 0 Å². The molecule has 0 bridgehead atoms. The minimum Gasteiger partial charge on any atom is -0.457 e. The third kappa shape index (κ3) is 4.98. The van der Waals surface area contributed by atoms with Crippen molar-refractivity contribution < 1.29 is 19.0 Å². The van der Waals surface area contributed by atoms with Gasteiger partial charge in [0, 0.05) is 17.7 Å². The number of ether oxygens (including phenoxy) is 1. The summed E-state index contributed by atoms with van der Waals surface area (Å²) in [6.07, 6.45) is 0.426. The van der Waals surface area contributed by atoms with Gasteiger partial charge in [0.1, 0.15) is 12.4 Å². The van der Waals surface area contributed by atoms with E-state index in [2.05, 4.69) is 6.58 Å². The van der Waals surface area contributed by atoms with Gasteiger partial charge in [-0.1, -0.05) is 61.2 Å². The van der Waals surface area contributed by atoms with Crippen molar-refractivity contribution in [3.05, 3.63) is 95.8 Å². The van der Waals surface area contributed by atoms with Crippen molar-refractivity contribution in [2.75, 3.05) is 6.61 Å². The van der Waals surface area contributed by atoms with Crippen LogP contribution in [-0.2, 0) is 22.6 Å². The molecule has 0 aliphatic carbocycles. The molecule has 0 atom stereocenters. The maximum Gasteiger partial charge on any atom is 0.333 e. The average molecular weight is 390 g/mol. The Bertz CT molecular complexity index is 1030. The van der Waals surface area contributed by atoms with E-state index in [1.54, 1.807) is 19.1 Å². The molecule has 3 aromatic rings. The van der Waals surface area contributed by atoms with E-state index in [9.17, 15) is 14.3 Å². The molecule has 3 aromatic carbocycles. The number of carbonyl (C=O) groups is 1. The monoisotopic (exact) mass is 390 g/mol. The van der Waals surface area contributed by atoms with E-state index in [0.29, 0.717) is 23.1 Å². The highest BCUT2D eigenvalue weighted by molar-refractivity contribution is 5.87. The van der Waals surface area contributed by atoms with Gasteiger partial charge in [-0.25, -0.2) is 9.18 Å². The van der Waals surface area contributed by atoms with Crippen molar-refractivity contribution in [2.45, 2.75) is 20.0 Å². The Kier molecular flexibility index (Phi) is 6.57. The fourth-order valence-electron chi connectivity index (χ4n) is 3.12. The first-order valence-corrected chi connectivity index (χ1v) is 9.40. The van der Waals surface area contributed by atoms with E-state index in [4.69, 9.17) is 4.74 Å². The van der Waals surface area contributed by atoms with Crippen molar-refractivity contribution in [3.8, 4) is 22.3 Å². The smallest absolute Gasteiger partial charge is 0.333 e. The highest BCUT2D eigenvalue weighted by atomic mass is 19.1. The van der Waals surface area contributed by atoms with Gasteiger partial charge in [-0.3, -0.25) is 0 Å². The number of carbonyl (C=O) groups excluding carboxylic acids is 1. The van der Waals surface area contributed by atoms with E-state index in [0.717, 1.165) is 22.3 Å². The summed E-state index contributed by atoms with van der Waals surface area (Å²) in [5.74, 6) is -0.810. The minimum atomic E-state index is -0.483. The number of aliphatic hydroxyl groups is 1. The van der Waals surface area contributed by atoms with Crippen LogP contribution < -0.4 is 0 Å². The molecular weight excluding hydrogens is 367 g/mol. The van der Waals surface area contributed by atoms with Crippen LogP contribution in [0.15, 0.2) is 78.9 Å². The van der Waals surface area contributed by atoms with Gasteiger partial charge in [0.25, 0.3) is 0 Å². The molecule has 0 fully saturated rings. The van der Waals surface area contributed by atoms with Crippen molar-refractivity contribution in [1.82, 2.24) is 0 Å². The molecule has 0 heterocycles. The van der Waals surface area contributed by atoms with Gasteiger partial charge in [-0.15, -0.1) is 0 Å². The molecule has 1 N–H and O–H groups in total. The Balaban J connectivity index is 1.92. The molecule has 0 aliphatic rings. The number of rotatable bonds is 7. The van der Waals surface area contributed by atoms with Crippen LogP contribution in [0.4, 0.5) is 4.39 Å².